The number of hydrogen-bond acceptors (Lipinski definition) is 4. The van der Waals surface area contributed by atoms with E-state index < -0.39 is 29.7 Å². The number of fused-ring (bicyclic) bond motifs is 1. The van der Waals surface area contributed by atoms with Crippen LogP contribution in [0.15, 0.2) is 47.2 Å². The molecule has 1 aromatic carbocycles. The topological polar surface area (TPSA) is 79.3 Å². The second-order valence-electron chi connectivity index (χ2n) is 7.26. The molecule has 30 heavy (non-hydrogen) atoms. The first kappa shape index (κ1) is 20.3. The molecule has 0 radical (unpaired) electrons. The van der Waals surface area contributed by atoms with E-state index in [1.165, 1.54) is 25.3 Å². The predicted molar refractivity (Wildman–Crippen MR) is 108 cm³/mol. The molecular weight excluding hydrogens is 413 g/mol. The van der Waals surface area contributed by atoms with E-state index in [0.717, 1.165) is 4.90 Å². The van der Waals surface area contributed by atoms with Gasteiger partial charge in [0.05, 0.1) is 18.4 Å². The molecule has 7 nitrogen and oxygen atoms in total. The molecule has 4 amide bonds. The molecule has 0 spiro atoms. The number of carbonyl (C=O) groups is 3. The van der Waals surface area contributed by atoms with Crippen molar-refractivity contribution in [3.63, 3.8) is 0 Å². The van der Waals surface area contributed by atoms with Crippen molar-refractivity contribution in [1.82, 2.24) is 9.80 Å². The van der Waals surface area contributed by atoms with Crippen molar-refractivity contribution in [2.24, 2.45) is 10.9 Å². The monoisotopic (exact) mass is 431 g/mol. The summed E-state index contributed by atoms with van der Waals surface area (Å²) in [4.78, 5) is 44.9. The number of methoxy groups -OCH3 is 1. The average molecular weight is 432 g/mol. The van der Waals surface area contributed by atoms with E-state index in [1.54, 1.807) is 23.1 Å². The summed E-state index contributed by atoms with van der Waals surface area (Å²) in [7, 11) is 1.48. The number of hydrogen-bond donors (Lipinski definition) is 0. The van der Waals surface area contributed by atoms with Gasteiger partial charge < -0.3 is 9.64 Å². The van der Waals surface area contributed by atoms with Gasteiger partial charge >= 0.3 is 6.03 Å². The van der Waals surface area contributed by atoms with E-state index in [9.17, 15) is 18.8 Å². The van der Waals surface area contributed by atoms with Gasteiger partial charge in [-0.25, -0.2) is 9.18 Å². The van der Waals surface area contributed by atoms with Crippen LogP contribution in [-0.2, 0) is 4.79 Å². The van der Waals surface area contributed by atoms with Gasteiger partial charge in [0.25, 0.3) is 5.91 Å². The van der Waals surface area contributed by atoms with E-state index in [-0.39, 0.29) is 11.6 Å². The Balaban J connectivity index is 1.47. The summed E-state index contributed by atoms with van der Waals surface area (Å²) < 4.78 is 18.8. The maximum atomic E-state index is 13.6. The van der Waals surface area contributed by atoms with Crippen LogP contribution in [0.3, 0.4) is 0 Å². The van der Waals surface area contributed by atoms with Gasteiger partial charge in [0, 0.05) is 24.2 Å². The first-order valence-electron chi connectivity index (χ1n) is 9.53. The van der Waals surface area contributed by atoms with Crippen LogP contribution in [0.4, 0.5) is 9.18 Å². The zero-order chi connectivity index (χ0) is 21.4. The van der Waals surface area contributed by atoms with Crippen LogP contribution in [0.5, 0.6) is 5.75 Å². The van der Waals surface area contributed by atoms with Crippen molar-refractivity contribution in [2.45, 2.75) is 18.9 Å². The number of amides is 4. The van der Waals surface area contributed by atoms with Crippen LogP contribution in [0.1, 0.15) is 23.2 Å². The molecule has 1 saturated heterocycles. The fourth-order valence-electron chi connectivity index (χ4n) is 3.96. The Labute approximate surface area is 177 Å². The molecule has 2 heterocycles. The minimum Gasteiger partial charge on any atom is -0.496 e. The summed E-state index contributed by atoms with van der Waals surface area (Å²) in [6.07, 6.45) is 4.52. The molecule has 4 rings (SSSR count). The van der Waals surface area contributed by atoms with E-state index in [4.69, 9.17) is 16.3 Å². The standard InChI is InChI=1S/C21H19ClFN3O4/c1-30-18-5-2-12(22)10-16(18)19(27)25-8-6-14(7-9-25)26-20(28)15-11-13(23)3-4-17(15)24-21(26)29/h2-5,10-11,14-15H,6-9H2,1H3. The summed E-state index contributed by atoms with van der Waals surface area (Å²) in [5, 5.41) is 0.425. The Morgan fingerprint density at radius 1 is 1.23 bits per heavy atom. The number of carbonyl (C=O) groups excluding carboxylic acids is 3. The zero-order valence-electron chi connectivity index (χ0n) is 16.2. The number of benzene rings is 1. The smallest absolute Gasteiger partial charge is 0.350 e. The summed E-state index contributed by atoms with van der Waals surface area (Å²) in [6, 6.07) is 3.79. The lowest BCUT2D eigenvalue weighted by atomic mass is 9.92. The minimum absolute atomic E-state index is 0.230. The molecule has 0 bridgehead atoms. The number of urea groups is 1. The lowest BCUT2D eigenvalue weighted by Gasteiger charge is -2.39. The molecule has 1 unspecified atom stereocenters. The number of likely N-dealkylation sites (tertiary alicyclic amines) is 1. The second kappa shape index (κ2) is 8.02. The number of piperidine rings is 1. The number of allylic oxidation sites excluding steroid dienone is 3. The number of ether oxygens (including phenoxy) is 1. The van der Waals surface area contributed by atoms with Gasteiger partial charge in [-0.2, -0.15) is 4.99 Å². The summed E-state index contributed by atoms with van der Waals surface area (Å²) >= 11 is 6.02. The summed E-state index contributed by atoms with van der Waals surface area (Å²) in [5.74, 6) is -1.70. The molecule has 3 aliphatic rings. The molecule has 156 valence electrons. The van der Waals surface area contributed by atoms with E-state index in [1.807, 2.05) is 0 Å². The molecule has 1 atom stereocenters. The Hall–Kier alpha value is -3.00. The van der Waals surface area contributed by atoms with E-state index in [0.29, 0.717) is 42.3 Å². The highest BCUT2D eigenvalue weighted by Crippen LogP contribution is 2.29. The molecule has 0 N–H and O–H groups in total. The maximum Gasteiger partial charge on any atom is 0.350 e. The van der Waals surface area contributed by atoms with Gasteiger partial charge in [0.1, 0.15) is 17.5 Å². The van der Waals surface area contributed by atoms with Crippen molar-refractivity contribution >= 4 is 35.2 Å². The Bertz CT molecular complexity index is 1010. The van der Waals surface area contributed by atoms with Crippen molar-refractivity contribution in [3.05, 3.63) is 52.8 Å². The summed E-state index contributed by atoms with van der Waals surface area (Å²) in [6.45, 7) is 0.698. The third kappa shape index (κ3) is 3.63. The number of halogens is 2. The van der Waals surface area contributed by atoms with E-state index in [2.05, 4.69) is 4.99 Å². The van der Waals surface area contributed by atoms with Crippen LogP contribution in [0, 0.1) is 5.92 Å². The van der Waals surface area contributed by atoms with Crippen LogP contribution in [-0.4, -0.2) is 59.6 Å². The third-order valence-corrected chi connectivity index (χ3v) is 5.74. The highest BCUT2D eigenvalue weighted by molar-refractivity contribution is 6.31. The Morgan fingerprint density at radius 2 is 1.97 bits per heavy atom. The fourth-order valence-corrected chi connectivity index (χ4v) is 4.13. The lowest BCUT2D eigenvalue weighted by Crippen LogP contribution is -2.54. The predicted octanol–water partition coefficient (Wildman–Crippen LogP) is 3.40. The summed E-state index contributed by atoms with van der Waals surface area (Å²) in [5.41, 5.74) is 0.612. The van der Waals surface area contributed by atoms with Crippen molar-refractivity contribution in [3.8, 4) is 5.75 Å². The Kier molecular flexibility index (Phi) is 5.42. The van der Waals surface area contributed by atoms with Crippen LogP contribution >= 0.6 is 11.6 Å². The number of rotatable bonds is 3. The second-order valence-corrected chi connectivity index (χ2v) is 7.69. The molecule has 9 heteroatoms. The largest absolute Gasteiger partial charge is 0.496 e. The number of imide groups is 1. The number of aliphatic imine (C=N–C) groups is 1. The van der Waals surface area contributed by atoms with Crippen molar-refractivity contribution < 1.29 is 23.5 Å². The normalized spacial score (nSPS) is 21.9. The third-order valence-electron chi connectivity index (χ3n) is 5.50. The fraction of sp³-hybridized carbons (Fsp3) is 0.333. The number of nitrogens with zero attached hydrogens (tertiary/aromatic N) is 3. The molecule has 0 saturated carbocycles. The van der Waals surface area contributed by atoms with E-state index >= 15 is 0 Å². The first-order valence-corrected chi connectivity index (χ1v) is 9.90. The molecule has 1 fully saturated rings. The van der Waals surface area contributed by atoms with Crippen LogP contribution in [0.2, 0.25) is 5.02 Å². The van der Waals surface area contributed by atoms with Gasteiger partial charge in [-0.15, -0.1) is 0 Å². The van der Waals surface area contributed by atoms with Crippen LogP contribution < -0.4 is 4.74 Å². The molecule has 1 aliphatic carbocycles. The molecule has 2 aliphatic heterocycles. The van der Waals surface area contributed by atoms with Crippen molar-refractivity contribution in [2.75, 3.05) is 20.2 Å². The maximum absolute atomic E-state index is 13.6. The highest BCUT2D eigenvalue weighted by atomic mass is 35.5. The van der Waals surface area contributed by atoms with Gasteiger partial charge in [-0.3, -0.25) is 14.5 Å². The van der Waals surface area contributed by atoms with Gasteiger partial charge in [-0.05, 0) is 49.3 Å². The first-order chi connectivity index (χ1) is 14.4. The van der Waals surface area contributed by atoms with Crippen LogP contribution in [0.25, 0.3) is 0 Å². The van der Waals surface area contributed by atoms with Gasteiger partial charge in [0.15, 0.2) is 0 Å². The zero-order valence-corrected chi connectivity index (χ0v) is 16.9. The molecule has 0 aromatic heterocycles. The lowest BCUT2D eigenvalue weighted by molar-refractivity contribution is -0.131. The Morgan fingerprint density at radius 3 is 2.67 bits per heavy atom. The minimum atomic E-state index is -0.886. The van der Waals surface area contributed by atoms with Gasteiger partial charge in [0.2, 0.25) is 5.91 Å². The molecule has 1 aromatic rings. The SMILES string of the molecule is COc1ccc(Cl)cc1C(=O)N1CCC(N2C(=O)N=C3C=CC(F)=CC3C2=O)CC1. The highest BCUT2D eigenvalue weighted by Gasteiger charge is 2.41. The van der Waals surface area contributed by atoms with Gasteiger partial charge in [-0.1, -0.05) is 11.6 Å². The molecular formula is C21H19ClFN3O4. The average Bonchev–Trinajstić information content (AvgIpc) is 2.74. The van der Waals surface area contributed by atoms with Crippen molar-refractivity contribution in [1.29, 1.82) is 0 Å². The quantitative estimate of drug-likeness (QED) is 0.734.